The maximum atomic E-state index is 12.9. The minimum absolute atomic E-state index is 0.268. The van der Waals surface area contributed by atoms with Gasteiger partial charge >= 0.3 is 5.97 Å². The number of nitrogens with one attached hydrogen (secondary N) is 1. The van der Waals surface area contributed by atoms with Crippen molar-refractivity contribution in [2.75, 3.05) is 13.2 Å². The molecule has 3 aromatic rings. The summed E-state index contributed by atoms with van der Waals surface area (Å²) in [6.45, 7) is 0.355. The van der Waals surface area contributed by atoms with Gasteiger partial charge in [0, 0.05) is 22.5 Å². The van der Waals surface area contributed by atoms with Crippen LogP contribution in [-0.2, 0) is 9.53 Å². The van der Waals surface area contributed by atoms with Crippen molar-refractivity contribution in [3.05, 3.63) is 65.2 Å². The Hall–Kier alpha value is -2.92. The minimum Gasteiger partial charge on any atom is -0.452 e. The van der Waals surface area contributed by atoms with Crippen molar-refractivity contribution in [3.63, 3.8) is 0 Å². The summed E-state index contributed by atoms with van der Waals surface area (Å²) in [5.74, 6) is -0.281. The fourth-order valence-corrected chi connectivity index (χ4v) is 4.15. The molecule has 0 aliphatic heterocycles. The Bertz CT molecular complexity index is 1080. The van der Waals surface area contributed by atoms with Gasteiger partial charge in [-0.15, -0.1) is 0 Å². The Kier molecular flexibility index (Phi) is 6.82. The lowest BCUT2D eigenvalue weighted by Crippen LogP contribution is -2.33. The second-order valence-electron chi connectivity index (χ2n) is 7.96. The van der Waals surface area contributed by atoms with E-state index >= 15 is 0 Å². The number of esters is 1. The molecular formula is C25H25ClN2O3. The lowest BCUT2D eigenvalue weighted by molar-refractivity contribution is -0.124. The average Bonchev–Trinajstić information content (AvgIpc) is 2.81. The van der Waals surface area contributed by atoms with Gasteiger partial charge in [0.15, 0.2) is 6.61 Å². The van der Waals surface area contributed by atoms with Crippen LogP contribution in [0.3, 0.4) is 0 Å². The molecule has 1 aliphatic carbocycles. The van der Waals surface area contributed by atoms with E-state index in [0.29, 0.717) is 39.6 Å². The van der Waals surface area contributed by atoms with Crippen LogP contribution in [0.5, 0.6) is 0 Å². The molecule has 0 radical (unpaired) electrons. The minimum atomic E-state index is -0.540. The molecule has 0 saturated heterocycles. The van der Waals surface area contributed by atoms with Crippen LogP contribution >= 0.6 is 11.6 Å². The highest BCUT2D eigenvalue weighted by Crippen LogP contribution is 2.26. The molecular weight excluding hydrogens is 412 g/mol. The molecule has 1 fully saturated rings. The first-order valence-corrected chi connectivity index (χ1v) is 11.1. The van der Waals surface area contributed by atoms with Crippen LogP contribution in [0.4, 0.5) is 0 Å². The molecule has 1 saturated carbocycles. The van der Waals surface area contributed by atoms with Crippen molar-refractivity contribution in [1.82, 2.24) is 10.3 Å². The highest BCUT2D eigenvalue weighted by molar-refractivity contribution is 6.30. The molecule has 0 spiro atoms. The summed E-state index contributed by atoms with van der Waals surface area (Å²) >= 11 is 5.99. The Labute approximate surface area is 186 Å². The predicted octanol–water partition coefficient (Wildman–Crippen LogP) is 5.41. The standard InChI is InChI=1S/C25H25ClN2O3/c26-19-12-10-18(11-13-19)23-14-21(20-8-4-5-9-22(20)28-23)25(30)31-16-24(29)27-15-17-6-2-1-3-7-17/h4-5,8-14,17H,1-3,6-7,15-16H2,(H,27,29). The summed E-state index contributed by atoms with van der Waals surface area (Å²) in [5.41, 5.74) is 2.55. The molecule has 1 amide bonds. The van der Waals surface area contributed by atoms with Gasteiger partial charge in [-0.25, -0.2) is 9.78 Å². The molecule has 4 rings (SSSR count). The number of benzene rings is 2. The van der Waals surface area contributed by atoms with Crippen LogP contribution < -0.4 is 5.32 Å². The van der Waals surface area contributed by atoms with E-state index in [1.165, 1.54) is 19.3 Å². The number of carbonyl (C=O) groups excluding carboxylic acids is 2. The number of halogens is 1. The second-order valence-corrected chi connectivity index (χ2v) is 8.40. The smallest absolute Gasteiger partial charge is 0.339 e. The van der Waals surface area contributed by atoms with E-state index in [1.54, 1.807) is 18.2 Å². The highest BCUT2D eigenvalue weighted by atomic mass is 35.5. The van der Waals surface area contributed by atoms with Crippen molar-refractivity contribution < 1.29 is 14.3 Å². The van der Waals surface area contributed by atoms with Crippen molar-refractivity contribution in [2.45, 2.75) is 32.1 Å². The first-order chi connectivity index (χ1) is 15.1. The number of rotatable bonds is 6. The summed E-state index contributed by atoms with van der Waals surface area (Å²) in [5, 5.41) is 4.21. The number of carbonyl (C=O) groups is 2. The Morgan fingerprint density at radius 1 is 1.03 bits per heavy atom. The molecule has 1 heterocycles. The first-order valence-electron chi connectivity index (χ1n) is 10.7. The van der Waals surface area contributed by atoms with Crippen molar-refractivity contribution in [2.24, 2.45) is 5.92 Å². The topological polar surface area (TPSA) is 68.3 Å². The van der Waals surface area contributed by atoms with Crippen LogP contribution in [0.2, 0.25) is 5.02 Å². The van der Waals surface area contributed by atoms with Crippen molar-refractivity contribution in [1.29, 1.82) is 0 Å². The monoisotopic (exact) mass is 436 g/mol. The SMILES string of the molecule is O=C(COC(=O)c1cc(-c2ccc(Cl)cc2)nc2ccccc12)NCC1CCCCC1. The fourth-order valence-electron chi connectivity index (χ4n) is 4.02. The molecule has 1 N–H and O–H groups in total. The summed E-state index contributed by atoms with van der Waals surface area (Å²) in [4.78, 5) is 29.7. The molecule has 6 heteroatoms. The van der Waals surface area contributed by atoms with E-state index in [1.807, 2.05) is 36.4 Å². The Morgan fingerprint density at radius 3 is 2.55 bits per heavy atom. The molecule has 160 valence electrons. The molecule has 1 aliphatic rings. The molecule has 1 aromatic heterocycles. The van der Waals surface area contributed by atoms with E-state index in [-0.39, 0.29) is 12.5 Å². The summed E-state index contributed by atoms with van der Waals surface area (Å²) in [7, 11) is 0. The van der Waals surface area contributed by atoms with Gasteiger partial charge in [-0.05, 0) is 43.0 Å². The largest absolute Gasteiger partial charge is 0.452 e. The third-order valence-electron chi connectivity index (χ3n) is 5.72. The zero-order valence-corrected chi connectivity index (χ0v) is 18.0. The first kappa shape index (κ1) is 21.3. The maximum absolute atomic E-state index is 12.9. The summed E-state index contributed by atoms with van der Waals surface area (Å²) in [6, 6.07) is 16.4. The molecule has 0 unspecified atom stereocenters. The van der Waals surface area contributed by atoms with E-state index in [4.69, 9.17) is 16.3 Å². The number of pyridine rings is 1. The van der Waals surface area contributed by atoms with E-state index in [2.05, 4.69) is 10.3 Å². The molecule has 0 bridgehead atoms. The molecule has 0 atom stereocenters. The Balaban J connectivity index is 1.47. The predicted molar refractivity (Wildman–Crippen MR) is 122 cm³/mol. The number of aromatic nitrogens is 1. The summed E-state index contributed by atoms with van der Waals surface area (Å²) in [6.07, 6.45) is 6.02. The van der Waals surface area contributed by atoms with Gasteiger partial charge in [-0.3, -0.25) is 4.79 Å². The number of hydrogen-bond donors (Lipinski definition) is 1. The van der Waals surface area contributed by atoms with E-state index < -0.39 is 5.97 Å². The third kappa shape index (κ3) is 5.42. The van der Waals surface area contributed by atoms with E-state index in [9.17, 15) is 9.59 Å². The third-order valence-corrected chi connectivity index (χ3v) is 5.98. The van der Waals surface area contributed by atoms with Crippen LogP contribution in [0.1, 0.15) is 42.5 Å². The second kappa shape index (κ2) is 9.92. The zero-order valence-electron chi connectivity index (χ0n) is 17.3. The van der Waals surface area contributed by atoms with Gasteiger partial charge in [0.1, 0.15) is 0 Å². The van der Waals surface area contributed by atoms with Gasteiger partial charge in [0.05, 0.1) is 16.8 Å². The number of para-hydroxylation sites is 1. The number of ether oxygens (including phenoxy) is 1. The van der Waals surface area contributed by atoms with E-state index in [0.717, 1.165) is 18.4 Å². The lowest BCUT2D eigenvalue weighted by atomic mass is 9.89. The summed E-state index contributed by atoms with van der Waals surface area (Å²) < 4.78 is 5.35. The number of hydrogen-bond acceptors (Lipinski definition) is 4. The molecule has 2 aromatic carbocycles. The quantitative estimate of drug-likeness (QED) is 0.524. The number of fused-ring (bicyclic) bond motifs is 1. The normalized spacial score (nSPS) is 14.4. The van der Waals surface area contributed by atoms with Crippen LogP contribution in [0.25, 0.3) is 22.2 Å². The van der Waals surface area contributed by atoms with Crippen molar-refractivity contribution >= 4 is 34.4 Å². The zero-order chi connectivity index (χ0) is 21.6. The fraction of sp³-hybridized carbons (Fsp3) is 0.320. The van der Waals surface area contributed by atoms with Crippen LogP contribution in [0.15, 0.2) is 54.6 Å². The van der Waals surface area contributed by atoms with Crippen LogP contribution in [-0.4, -0.2) is 30.0 Å². The maximum Gasteiger partial charge on any atom is 0.339 e. The average molecular weight is 437 g/mol. The van der Waals surface area contributed by atoms with Crippen molar-refractivity contribution in [3.8, 4) is 11.3 Å². The van der Waals surface area contributed by atoms with Gasteiger partial charge in [-0.1, -0.05) is 61.2 Å². The van der Waals surface area contributed by atoms with Gasteiger partial charge in [-0.2, -0.15) is 0 Å². The van der Waals surface area contributed by atoms with Gasteiger partial charge in [0.25, 0.3) is 5.91 Å². The van der Waals surface area contributed by atoms with Crippen LogP contribution in [0, 0.1) is 5.92 Å². The number of nitrogens with zero attached hydrogens (tertiary/aromatic N) is 1. The molecule has 31 heavy (non-hydrogen) atoms. The highest BCUT2D eigenvalue weighted by Gasteiger charge is 2.18. The lowest BCUT2D eigenvalue weighted by Gasteiger charge is -2.21. The van der Waals surface area contributed by atoms with Gasteiger partial charge in [0.2, 0.25) is 0 Å². The molecule has 5 nitrogen and oxygen atoms in total. The Morgan fingerprint density at radius 2 is 1.77 bits per heavy atom. The van der Waals surface area contributed by atoms with Gasteiger partial charge < -0.3 is 10.1 Å². The number of amides is 1.